The van der Waals surface area contributed by atoms with Gasteiger partial charge in [0.2, 0.25) is 0 Å². The van der Waals surface area contributed by atoms with Gasteiger partial charge in [0.1, 0.15) is 0 Å². The van der Waals surface area contributed by atoms with Crippen LogP contribution in [0.1, 0.15) is 42.8 Å². The maximum Gasteiger partial charge on any atom is 0.0603 e. The average molecular weight is 302 g/mol. The van der Waals surface area contributed by atoms with Crippen molar-refractivity contribution in [1.29, 1.82) is 0 Å². The van der Waals surface area contributed by atoms with Gasteiger partial charge in [-0.05, 0) is 36.9 Å². The summed E-state index contributed by atoms with van der Waals surface area (Å²) in [5, 5.41) is 5.68. The summed E-state index contributed by atoms with van der Waals surface area (Å²) in [7, 11) is 2.19. The van der Waals surface area contributed by atoms with Crippen LogP contribution in [-0.4, -0.2) is 13.1 Å². The van der Waals surface area contributed by atoms with E-state index in [1.54, 1.807) is 0 Å². The highest BCUT2D eigenvalue weighted by Gasteiger charge is 2.16. The van der Waals surface area contributed by atoms with Crippen LogP contribution in [0.25, 0.3) is 0 Å². The zero-order chi connectivity index (χ0) is 15.4. The van der Waals surface area contributed by atoms with Gasteiger partial charge < -0.3 is 10.2 Å². The van der Waals surface area contributed by atoms with Gasteiger partial charge in [-0.3, -0.25) is 0 Å². The number of nitrogens with one attached hydrogen (secondary N) is 1. The molecular formula is C18H26N2S. The summed E-state index contributed by atoms with van der Waals surface area (Å²) in [6.45, 7) is 9.72. The van der Waals surface area contributed by atoms with Crippen molar-refractivity contribution >= 4 is 17.0 Å². The number of thiophene rings is 1. The largest absolute Gasteiger partial charge is 0.367 e. The monoisotopic (exact) mass is 302 g/mol. The Bertz CT molecular complexity index is 561. The molecule has 21 heavy (non-hydrogen) atoms. The molecule has 0 fully saturated rings. The number of benzene rings is 1. The molecule has 0 aliphatic carbocycles. The van der Waals surface area contributed by atoms with Crippen LogP contribution < -0.4 is 10.2 Å². The number of nitrogens with zero attached hydrogens (tertiary/aromatic N) is 1. The third kappa shape index (κ3) is 4.08. The first-order valence-corrected chi connectivity index (χ1v) is 8.46. The molecule has 0 radical (unpaired) electrons. The molecule has 0 aliphatic rings. The molecule has 1 atom stereocenters. The Labute approximate surface area is 132 Å². The number of aryl methyl sites for hydroxylation is 1. The van der Waals surface area contributed by atoms with E-state index in [4.69, 9.17) is 0 Å². The summed E-state index contributed by atoms with van der Waals surface area (Å²) >= 11 is 1.82. The number of anilines is 1. The molecule has 2 aromatic rings. The van der Waals surface area contributed by atoms with E-state index in [2.05, 4.69) is 80.7 Å². The van der Waals surface area contributed by atoms with E-state index in [0.29, 0.717) is 12.1 Å². The van der Waals surface area contributed by atoms with Gasteiger partial charge in [-0.1, -0.05) is 37.6 Å². The normalized spacial score (nSPS) is 12.7. The number of hydrogen-bond acceptors (Lipinski definition) is 3. The van der Waals surface area contributed by atoms with Crippen molar-refractivity contribution in [2.24, 2.45) is 0 Å². The molecule has 0 bridgehead atoms. The summed E-state index contributed by atoms with van der Waals surface area (Å²) in [4.78, 5) is 3.78. The molecule has 1 N–H and O–H groups in total. The smallest absolute Gasteiger partial charge is 0.0603 e. The minimum Gasteiger partial charge on any atom is -0.367 e. The van der Waals surface area contributed by atoms with E-state index in [1.807, 2.05) is 11.3 Å². The van der Waals surface area contributed by atoms with Crippen LogP contribution in [0.15, 0.2) is 35.7 Å². The summed E-state index contributed by atoms with van der Waals surface area (Å²) < 4.78 is 0. The number of rotatable bonds is 6. The second-order valence-electron chi connectivity index (χ2n) is 5.97. The van der Waals surface area contributed by atoms with Gasteiger partial charge in [0, 0.05) is 30.2 Å². The maximum absolute atomic E-state index is 3.53. The lowest BCUT2D eigenvalue weighted by atomic mass is 10.1. The lowest BCUT2D eigenvalue weighted by Gasteiger charge is -2.29. The third-order valence-corrected chi connectivity index (χ3v) is 4.89. The van der Waals surface area contributed by atoms with Crippen molar-refractivity contribution in [3.05, 3.63) is 51.7 Å². The van der Waals surface area contributed by atoms with E-state index < -0.39 is 0 Å². The highest BCUT2D eigenvalue weighted by atomic mass is 32.1. The lowest BCUT2D eigenvalue weighted by molar-refractivity contribution is 0.587. The lowest BCUT2D eigenvalue weighted by Crippen LogP contribution is -2.26. The molecule has 1 heterocycles. The Balaban J connectivity index is 2.25. The van der Waals surface area contributed by atoms with Gasteiger partial charge in [-0.25, -0.2) is 0 Å². The van der Waals surface area contributed by atoms with Gasteiger partial charge >= 0.3 is 0 Å². The zero-order valence-electron chi connectivity index (χ0n) is 13.7. The Hall–Kier alpha value is -1.32. The molecule has 0 saturated carbocycles. The summed E-state index contributed by atoms with van der Waals surface area (Å²) in [5.74, 6) is 0. The van der Waals surface area contributed by atoms with E-state index in [9.17, 15) is 0 Å². The first-order valence-electron chi connectivity index (χ1n) is 7.58. The van der Waals surface area contributed by atoms with Crippen LogP contribution in [-0.2, 0) is 6.54 Å². The van der Waals surface area contributed by atoms with Crippen molar-refractivity contribution in [3.8, 4) is 0 Å². The molecule has 3 heteroatoms. The van der Waals surface area contributed by atoms with Crippen molar-refractivity contribution in [1.82, 2.24) is 5.32 Å². The van der Waals surface area contributed by atoms with Crippen LogP contribution in [0.3, 0.4) is 0 Å². The molecule has 1 aromatic heterocycles. The van der Waals surface area contributed by atoms with Crippen LogP contribution in [0.4, 0.5) is 5.69 Å². The quantitative estimate of drug-likeness (QED) is 0.828. The van der Waals surface area contributed by atoms with Crippen molar-refractivity contribution in [2.45, 2.75) is 46.3 Å². The molecule has 0 aliphatic heterocycles. The molecule has 0 amide bonds. The summed E-state index contributed by atoms with van der Waals surface area (Å²) in [5.41, 5.74) is 4.00. The Morgan fingerprint density at radius 3 is 2.57 bits per heavy atom. The molecule has 0 spiro atoms. The van der Waals surface area contributed by atoms with Gasteiger partial charge in [-0.2, -0.15) is 0 Å². The van der Waals surface area contributed by atoms with Crippen molar-refractivity contribution in [2.75, 3.05) is 11.9 Å². The second-order valence-corrected chi connectivity index (χ2v) is 6.95. The standard InChI is InChI=1S/C18H26N2S/c1-13(2)19-12-16-11-14(3)8-9-17(16)20(5)15(4)18-7-6-10-21-18/h6-11,13,15,19H,12H2,1-5H3. The Morgan fingerprint density at radius 1 is 1.19 bits per heavy atom. The van der Waals surface area contributed by atoms with Crippen LogP contribution in [0.5, 0.6) is 0 Å². The topological polar surface area (TPSA) is 15.3 Å². The highest BCUT2D eigenvalue weighted by Crippen LogP contribution is 2.31. The Kier molecular flexibility index (Phi) is 5.43. The van der Waals surface area contributed by atoms with Gasteiger partial charge in [0.05, 0.1) is 6.04 Å². The van der Waals surface area contributed by atoms with E-state index in [0.717, 1.165) is 6.54 Å². The summed E-state index contributed by atoms with van der Waals surface area (Å²) in [6.07, 6.45) is 0. The molecular weight excluding hydrogens is 276 g/mol. The van der Waals surface area contributed by atoms with Gasteiger partial charge in [0.15, 0.2) is 0 Å². The molecule has 0 saturated heterocycles. The maximum atomic E-state index is 3.53. The number of hydrogen-bond donors (Lipinski definition) is 1. The summed E-state index contributed by atoms with van der Waals surface area (Å²) in [6, 6.07) is 12.0. The van der Waals surface area contributed by atoms with Crippen molar-refractivity contribution < 1.29 is 0 Å². The average Bonchev–Trinajstić information content (AvgIpc) is 2.97. The second kappa shape index (κ2) is 7.10. The third-order valence-electron chi connectivity index (χ3n) is 3.85. The fraction of sp³-hybridized carbons (Fsp3) is 0.444. The Morgan fingerprint density at radius 2 is 1.95 bits per heavy atom. The fourth-order valence-corrected chi connectivity index (χ4v) is 3.27. The van der Waals surface area contributed by atoms with Crippen LogP contribution in [0.2, 0.25) is 0 Å². The molecule has 114 valence electrons. The predicted molar refractivity (Wildman–Crippen MR) is 94.3 cm³/mol. The van der Waals surface area contributed by atoms with E-state index >= 15 is 0 Å². The first kappa shape index (κ1) is 16.1. The fourth-order valence-electron chi connectivity index (χ4n) is 2.44. The highest BCUT2D eigenvalue weighted by molar-refractivity contribution is 7.10. The minimum atomic E-state index is 0.394. The SMILES string of the molecule is Cc1ccc(N(C)C(C)c2cccs2)c(CNC(C)C)c1. The van der Waals surface area contributed by atoms with E-state index in [-0.39, 0.29) is 0 Å². The molecule has 2 rings (SSSR count). The van der Waals surface area contributed by atoms with Gasteiger partial charge in [0.25, 0.3) is 0 Å². The first-order chi connectivity index (χ1) is 9.99. The zero-order valence-corrected chi connectivity index (χ0v) is 14.5. The van der Waals surface area contributed by atoms with Crippen molar-refractivity contribution in [3.63, 3.8) is 0 Å². The van der Waals surface area contributed by atoms with E-state index in [1.165, 1.54) is 21.7 Å². The van der Waals surface area contributed by atoms with Crippen LogP contribution >= 0.6 is 11.3 Å². The molecule has 1 aromatic carbocycles. The predicted octanol–water partition coefficient (Wildman–Crippen LogP) is 4.75. The molecule has 1 unspecified atom stereocenters. The van der Waals surface area contributed by atoms with Crippen LogP contribution in [0, 0.1) is 6.92 Å². The molecule has 2 nitrogen and oxygen atoms in total. The minimum absolute atomic E-state index is 0.394. The van der Waals surface area contributed by atoms with Gasteiger partial charge in [-0.15, -0.1) is 11.3 Å².